The van der Waals surface area contributed by atoms with Crippen LogP contribution in [0.5, 0.6) is 5.75 Å². The van der Waals surface area contributed by atoms with Gasteiger partial charge in [0, 0.05) is 18.8 Å². The van der Waals surface area contributed by atoms with Crippen LogP contribution in [0.4, 0.5) is 0 Å². The Morgan fingerprint density at radius 2 is 2.11 bits per heavy atom. The van der Waals surface area contributed by atoms with Crippen molar-refractivity contribution >= 4 is 0 Å². The third-order valence-corrected chi connectivity index (χ3v) is 2.91. The first-order valence-corrected chi connectivity index (χ1v) is 6.07. The predicted octanol–water partition coefficient (Wildman–Crippen LogP) is 2.94. The number of rotatable bonds is 5. The number of methoxy groups -OCH3 is 1. The van der Waals surface area contributed by atoms with Gasteiger partial charge >= 0.3 is 0 Å². The molecule has 3 nitrogen and oxygen atoms in total. The molecular formula is C15H18N2O. The van der Waals surface area contributed by atoms with E-state index in [9.17, 15) is 0 Å². The van der Waals surface area contributed by atoms with Gasteiger partial charge < -0.3 is 10.1 Å². The number of aromatic nitrogens is 1. The molecule has 0 radical (unpaired) electrons. The van der Waals surface area contributed by atoms with Crippen molar-refractivity contribution in [3.63, 3.8) is 0 Å². The summed E-state index contributed by atoms with van der Waals surface area (Å²) in [6, 6.07) is 14.3. The minimum Gasteiger partial charge on any atom is -0.497 e. The van der Waals surface area contributed by atoms with E-state index in [0.29, 0.717) is 0 Å². The van der Waals surface area contributed by atoms with Crippen molar-refractivity contribution in [1.29, 1.82) is 0 Å². The van der Waals surface area contributed by atoms with Crippen molar-refractivity contribution in [3.8, 4) is 5.75 Å². The normalized spacial score (nSPS) is 12.1. The highest BCUT2D eigenvalue weighted by atomic mass is 16.5. The number of hydrogen-bond donors (Lipinski definition) is 1. The molecule has 0 amide bonds. The summed E-state index contributed by atoms with van der Waals surface area (Å²) in [6.45, 7) is 2.90. The fourth-order valence-electron chi connectivity index (χ4n) is 1.79. The van der Waals surface area contributed by atoms with Crippen molar-refractivity contribution in [2.24, 2.45) is 0 Å². The monoisotopic (exact) mass is 242 g/mol. The fourth-order valence-corrected chi connectivity index (χ4v) is 1.79. The maximum Gasteiger partial charge on any atom is 0.119 e. The Morgan fingerprint density at radius 3 is 2.83 bits per heavy atom. The largest absolute Gasteiger partial charge is 0.497 e. The van der Waals surface area contributed by atoms with Gasteiger partial charge in [-0.1, -0.05) is 18.2 Å². The van der Waals surface area contributed by atoms with E-state index in [1.807, 2.05) is 36.5 Å². The third-order valence-electron chi connectivity index (χ3n) is 2.91. The minimum atomic E-state index is 0.266. The van der Waals surface area contributed by atoms with Gasteiger partial charge in [0.05, 0.1) is 12.8 Å². The average Bonchev–Trinajstić information content (AvgIpc) is 2.46. The Morgan fingerprint density at radius 1 is 1.22 bits per heavy atom. The molecule has 2 aromatic rings. The van der Waals surface area contributed by atoms with Crippen LogP contribution in [-0.2, 0) is 6.54 Å². The molecule has 2 rings (SSSR count). The van der Waals surface area contributed by atoms with Gasteiger partial charge in [0.1, 0.15) is 5.75 Å². The molecule has 0 spiro atoms. The van der Waals surface area contributed by atoms with Gasteiger partial charge in [0.2, 0.25) is 0 Å². The van der Waals surface area contributed by atoms with Crippen LogP contribution in [0.25, 0.3) is 0 Å². The fraction of sp³-hybridized carbons (Fsp3) is 0.267. The summed E-state index contributed by atoms with van der Waals surface area (Å²) in [7, 11) is 1.69. The Balaban J connectivity index is 1.97. The Kier molecular flexibility index (Phi) is 4.31. The van der Waals surface area contributed by atoms with E-state index in [1.165, 1.54) is 5.56 Å². The van der Waals surface area contributed by atoms with E-state index in [1.54, 1.807) is 7.11 Å². The van der Waals surface area contributed by atoms with Crippen LogP contribution in [0.3, 0.4) is 0 Å². The molecule has 0 aliphatic rings. The van der Waals surface area contributed by atoms with E-state index < -0.39 is 0 Å². The van der Waals surface area contributed by atoms with Crippen LogP contribution in [0.2, 0.25) is 0 Å². The smallest absolute Gasteiger partial charge is 0.119 e. The van der Waals surface area contributed by atoms with Gasteiger partial charge in [-0.3, -0.25) is 4.98 Å². The average molecular weight is 242 g/mol. The van der Waals surface area contributed by atoms with E-state index in [0.717, 1.165) is 18.0 Å². The minimum absolute atomic E-state index is 0.266. The van der Waals surface area contributed by atoms with Crippen LogP contribution >= 0.6 is 0 Å². The summed E-state index contributed by atoms with van der Waals surface area (Å²) in [4.78, 5) is 4.29. The van der Waals surface area contributed by atoms with Crippen LogP contribution < -0.4 is 10.1 Å². The lowest BCUT2D eigenvalue weighted by atomic mass is 10.1. The first kappa shape index (κ1) is 12.6. The molecule has 0 unspecified atom stereocenters. The van der Waals surface area contributed by atoms with Crippen LogP contribution in [0.15, 0.2) is 48.7 Å². The van der Waals surface area contributed by atoms with Gasteiger partial charge in [-0.05, 0) is 36.8 Å². The van der Waals surface area contributed by atoms with Crippen LogP contribution in [0, 0.1) is 0 Å². The number of nitrogens with zero attached hydrogens (tertiary/aromatic N) is 1. The first-order valence-electron chi connectivity index (χ1n) is 6.07. The topological polar surface area (TPSA) is 34.1 Å². The molecule has 94 valence electrons. The summed E-state index contributed by atoms with van der Waals surface area (Å²) in [6.07, 6.45) is 1.81. The highest BCUT2D eigenvalue weighted by Crippen LogP contribution is 2.18. The second-order valence-electron chi connectivity index (χ2n) is 4.20. The zero-order valence-corrected chi connectivity index (χ0v) is 10.8. The molecular weight excluding hydrogens is 224 g/mol. The van der Waals surface area contributed by atoms with E-state index in [-0.39, 0.29) is 6.04 Å². The highest BCUT2D eigenvalue weighted by Gasteiger charge is 2.05. The molecule has 3 heteroatoms. The summed E-state index contributed by atoms with van der Waals surface area (Å²) in [5.41, 5.74) is 2.26. The molecule has 1 aromatic carbocycles. The number of hydrogen-bond acceptors (Lipinski definition) is 3. The summed E-state index contributed by atoms with van der Waals surface area (Å²) in [5, 5.41) is 3.45. The van der Waals surface area contributed by atoms with Gasteiger partial charge in [-0.15, -0.1) is 0 Å². The quantitative estimate of drug-likeness (QED) is 0.875. The van der Waals surface area contributed by atoms with E-state index in [2.05, 4.69) is 29.4 Å². The Labute approximate surface area is 108 Å². The second-order valence-corrected chi connectivity index (χ2v) is 4.20. The zero-order valence-electron chi connectivity index (χ0n) is 10.8. The maximum atomic E-state index is 5.23. The highest BCUT2D eigenvalue weighted by molar-refractivity contribution is 5.30. The molecule has 1 heterocycles. The lowest BCUT2D eigenvalue weighted by Crippen LogP contribution is -2.18. The molecule has 18 heavy (non-hydrogen) atoms. The SMILES string of the molecule is COc1cccc([C@@H](C)NCc2ccccn2)c1. The van der Waals surface area contributed by atoms with Gasteiger partial charge in [-0.25, -0.2) is 0 Å². The molecule has 0 aliphatic carbocycles. The molecule has 1 aromatic heterocycles. The Hall–Kier alpha value is -1.87. The predicted molar refractivity (Wildman–Crippen MR) is 72.5 cm³/mol. The molecule has 1 N–H and O–H groups in total. The molecule has 0 saturated carbocycles. The van der Waals surface area contributed by atoms with Gasteiger partial charge in [0.15, 0.2) is 0 Å². The number of benzene rings is 1. The van der Waals surface area contributed by atoms with E-state index in [4.69, 9.17) is 4.74 Å². The van der Waals surface area contributed by atoms with Gasteiger partial charge in [0.25, 0.3) is 0 Å². The molecule has 0 fully saturated rings. The lowest BCUT2D eigenvalue weighted by molar-refractivity contribution is 0.413. The van der Waals surface area contributed by atoms with Gasteiger partial charge in [-0.2, -0.15) is 0 Å². The maximum absolute atomic E-state index is 5.23. The van der Waals surface area contributed by atoms with Crippen molar-refractivity contribution < 1.29 is 4.74 Å². The van der Waals surface area contributed by atoms with E-state index >= 15 is 0 Å². The summed E-state index contributed by atoms with van der Waals surface area (Å²) in [5.74, 6) is 0.888. The van der Waals surface area contributed by atoms with Crippen LogP contribution in [0.1, 0.15) is 24.2 Å². The van der Waals surface area contributed by atoms with Crippen LogP contribution in [-0.4, -0.2) is 12.1 Å². The molecule has 0 saturated heterocycles. The standard InChI is InChI=1S/C15H18N2O/c1-12(13-6-5-8-15(10-13)18-2)17-11-14-7-3-4-9-16-14/h3-10,12,17H,11H2,1-2H3/t12-/m1/s1. The molecule has 0 bridgehead atoms. The number of nitrogens with one attached hydrogen (secondary N) is 1. The number of ether oxygens (including phenoxy) is 1. The number of pyridine rings is 1. The molecule has 0 aliphatic heterocycles. The summed E-state index contributed by atoms with van der Waals surface area (Å²) >= 11 is 0. The van der Waals surface area contributed by atoms with Crippen molar-refractivity contribution in [2.45, 2.75) is 19.5 Å². The third kappa shape index (κ3) is 3.31. The summed E-state index contributed by atoms with van der Waals surface area (Å²) < 4.78 is 5.23. The zero-order chi connectivity index (χ0) is 12.8. The second kappa shape index (κ2) is 6.17. The Bertz CT molecular complexity index is 485. The first-order chi connectivity index (χ1) is 8.79. The van der Waals surface area contributed by atoms with Crippen molar-refractivity contribution in [1.82, 2.24) is 10.3 Å². The van der Waals surface area contributed by atoms with Crippen molar-refractivity contribution in [3.05, 3.63) is 59.9 Å². The lowest BCUT2D eigenvalue weighted by Gasteiger charge is -2.14. The molecule has 1 atom stereocenters. The van der Waals surface area contributed by atoms with Crippen molar-refractivity contribution in [2.75, 3.05) is 7.11 Å².